The number of likely N-dealkylation sites (N-methyl/N-ethyl adjacent to an activating group) is 1. The van der Waals surface area contributed by atoms with Gasteiger partial charge in [0.15, 0.2) is 5.17 Å². The molecule has 2 aromatic rings. The molecule has 2 aliphatic heterocycles. The van der Waals surface area contributed by atoms with Crippen LogP contribution in [0.3, 0.4) is 0 Å². The molecule has 2 atom stereocenters. The van der Waals surface area contributed by atoms with Crippen LogP contribution < -0.4 is 10.1 Å². The van der Waals surface area contributed by atoms with Crippen molar-refractivity contribution in [3.63, 3.8) is 0 Å². The first-order chi connectivity index (χ1) is 17.9. The summed E-state index contributed by atoms with van der Waals surface area (Å²) < 4.78 is 5.50. The highest BCUT2D eigenvalue weighted by Crippen LogP contribution is 2.45. The van der Waals surface area contributed by atoms with Gasteiger partial charge in [0.05, 0.1) is 36.9 Å². The van der Waals surface area contributed by atoms with Gasteiger partial charge in [0.25, 0.3) is 5.91 Å². The average Bonchev–Trinajstić information content (AvgIpc) is 3.30. The van der Waals surface area contributed by atoms with Crippen LogP contribution in [0.4, 0.5) is 0 Å². The minimum absolute atomic E-state index is 0.0449. The Hall–Kier alpha value is -3.52. The lowest BCUT2D eigenvalue weighted by Crippen LogP contribution is -2.42. The second kappa shape index (κ2) is 11.7. The van der Waals surface area contributed by atoms with Gasteiger partial charge in [-0.3, -0.25) is 9.59 Å². The molecular formula is C29H34N4O3S. The van der Waals surface area contributed by atoms with Crippen molar-refractivity contribution >= 4 is 28.7 Å². The second-order valence-electron chi connectivity index (χ2n) is 9.02. The first kappa shape index (κ1) is 26.5. The second-order valence-corrected chi connectivity index (χ2v) is 9.86. The normalized spacial score (nSPS) is 17.5. The summed E-state index contributed by atoms with van der Waals surface area (Å²) in [6, 6.07) is 17.1. The number of amidine groups is 1. The van der Waals surface area contributed by atoms with E-state index in [0.29, 0.717) is 30.1 Å². The number of benzene rings is 2. The average molecular weight is 519 g/mol. The number of carbonyl (C=O) groups excluding carboxylic acids is 2. The van der Waals surface area contributed by atoms with Crippen LogP contribution in [0.1, 0.15) is 57.3 Å². The van der Waals surface area contributed by atoms with Gasteiger partial charge in [0, 0.05) is 18.8 Å². The fraction of sp³-hybridized carbons (Fsp3) is 0.345. The Morgan fingerprint density at radius 2 is 1.86 bits per heavy atom. The first-order valence-corrected chi connectivity index (χ1v) is 13.5. The minimum atomic E-state index is -0.420. The molecule has 8 heteroatoms. The molecular weight excluding hydrogens is 484 g/mol. The molecule has 0 bridgehead atoms. The van der Waals surface area contributed by atoms with Crippen LogP contribution in [-0.4, -0.2) is 47.0 Å². The Morgan fingerprint density at radius 1 is 1.14 bits per heavy atom. The van der Waals surface area contributed by atoms with Crippen molar-refractivity contribution < 1.29 is 14.3 Å². The summed E-state index contributed by atoms with van der Waals surface area (Å²) >= 11 is 1.48. The number of aliphatic imine (C=N–C) groups is 1. The molecule has 2 aliphatic rings. The molecule has 7 nitrogen and oxygen atoms in total. The maximum atomic E-state index is 13.8. The fourth-order valence-electron chi connectivity index (χ4n) is 4.73. The van der Waals surface area contributed by atoms with E-state index >= 15 is 0 Å². The van der Waals surface area contributed by atoms with Crippen molar-refractivity contribution in [2.75, 3.05) is 20.2 Å². The topological polar surface area (TPSA) is 74.2 Å². The molecule has 0 spiro atoms. The smallest absolute Gasteiger partial charge is 0.254 e. The lowest BCUT2D eigenvalue weighted by Gasteiger charge is -2.38. The van der Waals surface area contributed by atoms with E-state index in [4.69, 9.17) is 9.73 Å². The molecule has 0 saturated carbocycles. The monoisotopic (exact) mass is 518 g/mol. The van der Waals surface area contributed by atoms with E-state index in [-0.39, 0.29) is 24.3 Å². The summed E-state index contributed by atoms with van der Waals surface area (Å²) in [5, 5.41) is 5.84. The molecule has 194 valence electrons. The number of hydrogen-bond acceptors (Lipinski definition) is 6. The van der Waals surface area contributed by atoms with Crippen molar-refractivity contribution in [3.8, 4) is 5.75 Å². The van der Waals surface area contributed by atoms with E-state index in [0.717, 1.165) is 22.0 Å². The molecule has 2 aromatic carbocycles. The number of amides is 2. The van der Waals surface area contributed by atoms with E-state index in [1.165, 1.54) is 11.8 Å². The number of nitrogens with zero attached hydrogens (tertiary/aromatic N) is 3. The summed E-state index contributed by atoms with van der Waals surface area (Å²) in [4.78, 5) is 35.6. The molecule has 37 heavy (non-hydrogen) atoms. The predicted octanol–water partition coefficient (Wildman–Crippen LogP) is 5.41. The molecule has 1 N–H and O–H groups in total. The number of fused-ring (bicyclic) bond motifs is 1. The van der Waals surface area contributed by atoms with Crippen molar-refractivity contribution in [2.45, 2.75) is 46.2 Å². The van der Waals surface area contributed by atoms with Crippen LogP contribution in [0.5, 0.6) is 5.75 Å². The maximum Gasteiger partial charge on any atom is 0.254 e. The molecule has 0 fully saturated rings. The highest BCUT2D eigenvalue weighted by molar-refractivity contribution is 8.16. The van der Waals surface area contributed by atoms with Crippen molar-refractivity contribution in [3.05, 3.63) is 88.1 Å². The van der Waals surface area contributed by atoms with Crippen LogP contribution in [0.15, 0.2) is 82.0 Å². The zero-order chi connectivity index (χ0) is 26.5. The Balaban J connectivity index is 1.67. The van der Waals surface area contributed by atoms with Gasteiger partial charge in [0.1, 0.15) is 5.75 Å². The van der Waals surface area contributed by atoms with Gasteiger partial charge in [-0.15, -0.1) is 0 Å². The van der Waals surface area contributed by atoms with E-state index in [1.807, 2.05) is 97.5 Å². The van der Waals surface area contributed by atoms with Crippen LogP contribution in [-0.2, 0) is 9.59 Å². The molecule has 0 unspecified atom stereocenters. The Kier molecular flexibility index (Phi) is 8.38. The molecule has 4 rings (SSSR count). The van der Waals surface area contributed by atoms with E-state index in [1.54, 1.807) is 7.11 Å². The molecule has 0 radical (unpaired) electrons. The van der Waals surface area contributed by atoms with Gasteiger partial charge in [-0.25, -0.2) is 4.99 Å². The van der Waals surface area contributed by atoms with Crippen LogP contribution in [0, 0.1) is 0 Å². The van der Waals surface area contributed by atoms with Crippen molar-refractivity contribution in [1.29, 1.82) is 0 Å². The molecule has 2 heterocycles. The van der Waals surface area contributed by atoms with Crippen LogP contribution >= 0.6 is 11.8 Å². The third-order valence-electron chi connectivity index (χ3n) is 6.71. The predicted molar refractivity (Wildman–Crippen MR) is 149 cm³/mol. The SMILES string of the molecule is CCN(CC)C(=O)C1=C(C)N=C2SC=C(CC(=O)N[C@@H](C)c3ccccc3)N2[C@@H]1c1cccc(OC)c1. The number of nitrogens with one attached hydrogen (secondary N) is 1. The van der Waals surface area contributed by atoms with Gasteiger partial charge in [-0.1, -0.05) is 54.2 Å². The van der Waals surface area contributed by atoms with Gasteiger partial charge in [-0.05, 0) is 56.4 Å². The van der Waals surface area contributed by atoms with E-state index in [9.17, 15) is 9.59 Å². The number of methoxy groups -OCH3 is 1. The fourth-order valence-corrected chi connectivity index (χ4v) is 5.70. The van der Waals surface area contributed by atoms with Gasteiger partial charge in [-0.2, -0.15) is 0 Å². The number of allylic oxidation sites excluding steroid dienone is 1. The van der Waals surface area contributed by atoms with Crippen molar-refractivity contribution in [1.82, 2.24) is 15.1 Å². The number of rotatable bonds is 9. The summed E-state index contributed by atoms with van der Waals surface area (Å²) in [7, 11) is 1.63. The number of thioether (sulfide) groups is 1. The molecule has 0 saturated heterocycles. The number of ether oxygens (including phenoxy) is 1. The van der Waals surface area contributed by atoms with Gasteiger partial charge >= 0.3 is 0 Å². The first-order valence-electron chi connectivity index (χ1n) is 12.6. The number of carbonyl (C=O) groups is 2. The van der Waals surface area contributed by atoms with Crippen molar-refractivity contribution in [2.24, 2.45) is 4.99 Å². The highest BCUT2D eigenvalue weighted by atomic mass is 32.2. The van der Waals surface area contributed by atoms with Gasteiger partial charge < -0.3 is 19.9 Å². The Labute approximate surface area is 223 Å². The summed E-state index contributed by atoms with van der Waals surface area (Å²) in [6.07, 6.45) is 0.176. The molecule has 2 amide bonds. The van der Waals surface area contributed by atoms with E-state index < -0.39 is 6.04 Å². The van der Waals surface area contributed by atoms with E-state index in [2.05, 4.69) is 5.32 Å². The molecule has 0 aromatic heterocycles. The maximum absolute atomic E-state index is 13.8. The Bertz CT molecular complexity index is 1250. The van der Waals surface area contributed by atoms with Crippen LogP contribution in [0.25, 0.3) is 0 Å². The zero-order valence-electron chi connectivity index (χ0n) is 22.0. The third-order valence-corrected chi connectivity index (χ3v) is 7.60. The summed E-state index contributed by atoms with van der Waals surface area (Å²) in [5.74, 6) is 0.578. The lowest BCUT2D eigenvalue weighted by atomic mass is 9.92. The minimum Gasteiger partial charge on any atom is -0.497 e. The lowest BCUT2D eigenvalue weighted by molar-refractivity contribution is -0.127. The summed E-state index contributed by atoms with van der Waals surface area (Å²) in [5.41, 5.74) is 4.08. The molecule has 0 aliphatic carbocycles. The van der Waals surface area contributed by atoms with Crippen LogP contribution in [0.2, 0.25) is 0 Å². The zero-order valence-corrected chi connectivity index (χ0v) is 22.8. The quantitative estimate of drug-likeness (QED) is 0.481. The largest absolute Gasteiger partial charge is 0.497 e. The standard InChI is InChI=1S/C29H34N4O3S/c1-6-32(7-2)28(35)26-20(4)31-29-33(27(26)22-14-11-15-24(16-22)36-5)23(18-37-29)17-25(34)30-19(3)21-12-9-8-10-13-21/h8-16,18-19,27H,6-7,17H2,1-5H3,(H,30,34)/t19-,27+/m0/s1. The third kappa shape index (κ3) is 5.59. The summed E-state index contributed by atoms with van der Waals surface area (Å²) in [6.45, 7) is 9.02. The van der Waals surface area contributed by atoms with Gasteiger partial charge in [0.2, 0.25) is 5.91 Å². The Morgan fingerprint density at radius 3 is 2.54 bits per heavy atom. The highest BCUT2D eigenvalue weighted by Gasteiger charge is 2.41. The number of hydrogen-bond donors (Lipinski definition) is 1.